The van der Waals surface area contributed by atoms with Crippen molar-refractivity contribution in [2.75, 3.05) is 26.3 Å². The zero-order valence-electron chi connectivity index (χ0n) is 6.15. The van der Waals surface area contributed by atoms with E-state index in [9.17, 15) is 4.39 Å². The van der Waals surface area contributed by atoms with Gasteiger partial charge in [-0.3, -0.25) is 0 Å². The number of halogens is 1. The van der Waals surface area contributed by atoms with Gasteiger partial charge in [-0.05, 0) is 0 Å². The van der Waals surface area contributed by atoms with E-state index in [2.05, 4.69) is 0 Å². The smallest absolute Gasteiger partial charge is 0.138 e. The summed E-state index contributed by atoms with van der Waals surface area (Å²) in [5.41, 5.74) is 0. The van der Waals surface area contributed by atoms with Crippen LogP contribution in [0.15, 0.2) is 0 Å². The molecule has 10 heavy (non-hydrogen) atoms. The average molecular weight is 148 g/mol. The molecule has 0 atom stereocenters. The maximum atomic E-state index is 11.8. The van der Waals surface area contributed by atoms with Crippen LogP contribution in [0.2, 0.25) is 0 Å². The van der Waals surface area contributed by atoms with E-state index in [1.54, 1.807) is 0 Å². The van der Waals surface area contributed by atoms with Crippen LogP contribution >= 0.6 is 0 Å². The molecule has 0 bridgehead atoms. The molecular formula is C7H15FNO+. The number of aliphatic hydroxyl groups is 1. The van der Waals surface area contributed by atoms with Crippen LogP contribution in [-0.2, 0) is 0 Å². The largest absolute Gasteiger partial charge is 0.393 e. The first-order valence-corrected chi connectivity index (χ1v) is 3.90. The number of rotatable bonds is 2. The Morgan fingerprint density at radius 3 is 2.50 bits per heavy atom. The lowest BCUT2D eigenvalue weighted by atomic mass is 10.1. The lowest BCUT2D eigenvalue weighted by Crippen LogP contribution is -3.13. The Hall–Kier alpha value is -0.150. The average Bonchev–Trinajstić information content (AvgIpc) is 1.95. The molecular weight excluding hydrogens is 133 g/mol. The van der Waals surface area contributed by atoms with Crippen LogP contribution in [0.25, 0.3) is 0 Å². The highest BCUT2D eigenvalue weighted by Crippen LogP contribution is 1.96. The lowest BCUT2D eigenvalue weighted by molar-refractivity contribution is -0.905. The number of aliphatic hydroxyl groups excluding tert-OH is 1. The van der Waals surface area contributed by atoms with E-state index in [-0.39, 0.29) is 12.8 Å². The number of nitrogens with one attached hydrogen (secondary N) is 1. The van der Waals surface area contributed by atoms with Crippen LogP contribution in [0.5, 0.6) is 0 Å². The lowest BCUT2D eigenvalue weighted by Gasteiger charge is -2.25. The fourth-order valence-electron chi connectivity index (χ4n) is 1.39. The summed E-state index contributed by atoms with van der Waals surface area (Å²) < 4.78 is 11.8. The summed E-state index contributed by atoms with van der Waals surface area (Å²) in [5.74, 6) is 0. The first kappa shape index (κ1) is 7.95. The van der Waals surface area contributed by atoms with Crippen molar-refractivity contribution in [1.82, 2.24) is 0 Å². The van der Waals surface area contributed by atoms with Crippen LogP contribution in [-0.4, -0.2) is 37.5 Å². The predicted molar refractivity (Wildman–Crippen MR) is 36.8 cm³/mol. The quantitative estimate of drug-likeness (QED) is 0.515. The molecule has 0 aromatic carbocycles. The number of quaternary nitrogens is 1. The van der Waals surface area contributed by atoms with Crippen molar-refractivity contribution in [3.8, 4) is 0 Å². The van der Waals surface area contributed by atoms with Crippen molar-refractivity contribution in [2.45, 2.75) is 18.9 Å². The summed E-state index contributed by atoms with van der Waals surface area (Å²) in [4.78, 5) is 1.30. The first-order valence-electron chi connectivity index (χ1n) is 3.90. The van der Waals surface area contributed by atoms with Gasteiger partial charge >= 0.3 is 0 Å². The van der Waals surface area contributed by atoms with E-state index in [1.165, 1.54) is 4.90 Å². The molecule has 0 aromatic heterocycles. The second kappa shape index (κ2) is 3.88. The van der Waals surface area contributed by atoms with Crippen LogP contribution in [0, 0.1) is 0 Å². The van der Waals surface area contributed by atoms with E-state index >= 15 is 0 Å². The van der Waals surface area contributed by atoms with Gasteiger partial charge in [0, 0.05) is 12.8 Å². The molecule has 0 amide bonds. The van der Waals surface area contributed by atoms with Gasteiger partial charge in [-0.15, -0.1) is 0 Å². The van der Waals surface area contributed by atoms with Crippen molar-refractivity contribution >= 4 is 0 Å². The van der Waals surface area contributed by atoms with Crippen molar-refractivity contribution in [2.24, 2.45) is 0 Å². The zero-order chi connectivity index (χ0) is 7.40. The maximum Gasteiger partial charge on any atom is 0.138 e. The Kier molecular flexibility index (Phi) is 3.09. The number of hydrogen-bond acceptors (Lipinski definition) is 1. The molecule has 3 heteroatoms. The third kappa shape index (κ3) is 2.23. The van der Waals surface area contributed by atoms with Crippen molar-refractivity contribution in [3.05, 3.63) is 0 Å². The molecule has 0 aromatic rings. The minimum Gasteiger partial charge on any atom is -0.393 e. The van der Waals surface area contributed by atoms with Crippen molar-refractivity contribution in [3.63, 3.8) is 0 Å². The van der Waals surface area contributed by atoms with Crippen LogP contribution in [0.4, 0.5) is 4.39 Å². The highest BCUT2D eigenvalue weighted by molar-refractivity contribution is 4.57. The number of likely N-dealkylation sites (tertiary alicyclic amines) is 1. The molecule has 0 aliphatic carbocycles. The van der Waals surface area contributed by atoms with Gasteiger partial charge in [0.15, 0.2) is 0 Å². The summed E-state index contributed by atoms with van der Waals surface area (Å²) >= 11 is 0. The van der Waals surface area contributed by atoms with Gasteiger partial charge in [-0.2, -0.15) is 0 Å². The predicted octanol–water partition coefficient (Wildman–Crippen LogP) is -1.00. The molecule has 1 fully saturated rings. The van der Waals surface area contributed by atoms with Crippen LogP contribution in [0.3, 0.4) is 0 Å². The first-order chi connectivity index (χ1) is 4.83. The number of piperidine rings is 1. The molecule has 1 saturated heterocycles. The molecule has 2 N–H and O–H groups in total. The Labute approximate surface area is 60.6 Å². The normalized spacial score (nSPS) is 34.2. The fourth-order valence-corrected chi connectivity index (χ4v) is 1.39. The minimum atomic E-state index is -0.231. The molecule has 0 spiro atoms. The Morgan fingerprint density at radius 2 is 2.00 bits per heavy atom. The summed E-state index contributed by atoms with van der Waals surface area (Å²) in [6, 6.07) is 0. The molecule has 1 heterocycles. The van der Waals surface area contributed by atoms with Crippen molar-refractivity contribution in [1.29, 1.82) is 0 Å². The second-order valence-corrected chi connectivity index (χ2v) is 2.92. The molecule has 0 saturated carbocycles. The van der Waals surface area contributed by atoms with Gasteiger partial charge in [-0.25, -0.2) is 4.39 Å². The Morgan fingerprint density at radius 1 is 1.40 bits per heavy atom. The zero-order valence-corrected chi connectivity index (χ0v) is 6.15. The SMILES string of the molecule is OC1CC[NH+](CCF)CC1. The van der Waals surface area contributed by atoms with Gasteiger partial charge in [0.25, 0.3) is 0 Å². The Bertz CT molecular complexity index is 91.6. The number of hydrogen-bond donors (Lipinski definition) is 2. The monoisotopic (exact) mass is 148 g/mol. The van der Waals surface area contributed by atoms with Crippen LogP contribution < -0.4 is 4.90 Å². The van der Waals surface area contributed by atoms with Gasteiger partial charge in [0.1, 0.15) is 13.2 Å². The fraction of sp³-hybridized carbons (Fsp3) is 1.00. The molecule has 60 valence electrons. The van der Waals surface area contributed by atoms with E-state index < -0.39 is 0 Å². The van der Waals surface area contributed by atoms with Gasteiger partial charge < -0.3 is 10.0 Å². The molecule has 2 nitrogen and oxygen atoms in total. The van der Waals surface area contributed by atoms with Crippen molar-refractivity contribution < 1.29 is 14.4 Å². The van der Waals surface area contributed by atoms with E-state index in [0.717, 1.165) is 25.9 Å². The topological polar surface area (TPSA) is 24.7 Å². The third-order valence-electron chi connectivity index (χ3n) is 2.11. The second-order valence-electron chi connectivity index (χ2n) is 2.92. The number of alkyl halides is 1. The molecule has 1 aliphatic heterocycles. The van der Waals surface area contributed by atoms with Gasteiger partial charge in [0.05, 0.1) is 19.2 Å². The highest BCUT2D eigenvalue weighted by Gasteiger charge is 2.18. The van der Waals surface area contributed by atoms with Crippen LogP contribution in [0.1, 0.15) is 12.8 Å². The summed E-state index contributed by atoms with van der Waals surface area (Å²) in [6.07, 6.45) is 1.56. The molecule has 0 unspecified atom stereocenters. The highest BCUT2D eigenvalue weighted by atomic mass is 19.1. The summed E-state index contributed by atoms with van der Waals surface area (Å²) in [6.45, 7) is 2.26. The van der Waals surface area contributed by atoms with E-state index in [0.29, 0.717) is 6.54 Å². The minimum absolute atomic E-state index is 0.122. The Balaban J connectivity index is 2.13. The van der Waals surface area contributed by atoms with Gasteiger partial charge in [-0.1, -0.05) is 0 Å². The van der Waals surface area contributed by atoms with Gasteiger partial charge in [0.2, 0.25) is 0 Å². The standard InChI is InChI=1S/C7H14FNO/c8-3-6-9-4-1-7(10)2-5-9/h7,10H,1-6H2/p+1. The molecule has 1 rings (SSSR count). The summed E-state index contributed by atoms with van der Waals surface area (Å²) in [7, 11) is 0. The molecule has 0 radical (unpaired) electrons. The van der Waals surface area contributed by atoms with E-state index in [1.807, 2.05) is 0 Å². The summed E-state index contributed by atoms with van der Waals surface area (Å²) in [5, 5.41) is 9.09. The molecule has 1 aliphatic rings. The maximum absolute atomic E-state index is 11.8. The third-order valence-corrected chi connectivity index (χ3v) is 2.11. The van der Waals surface area contributed by atoms with E-state index in [4.69, 9.17) is 5.11 Å².